The molecule has 0 radical (unpaired) electrons. The van der Waals surface area contributed by atoms with Gasteiger partial charge in [0, 0.05) is 17.1 Å². The van der Waals surface area contributed by atoms with Crippen molar-refractivity contribution in [3.8, 4) is 11.5 Å². The van der Waals surface area contributed by atoms with Gasteiger partial charge in [-0.25, -0.2) is 0 Å². The fraction of sp³-hybridized carbons (Fsp3) is 0.389. The zero-order chi connectivity index (χ0) is 20.3. The Morgan fingerprint density at radius 2 is 2.18 bits per heavy atom. The van der Waals surface area contributed by atoms with Gasteiger partial charge in [-0.2, -0.15) is 11.8 Å². The average molecular weight is 441 g/mol. The standard InChI is InChI=1S/C18H20N2O5S3/c1-24-13-5-3-4-10(16(13)25-2)6-14-17(23)20(18(26)28-14)7-15(22)19-11-8-27-9-12(11)21/h3-6,11-12,21H,7-9H2,1-2H3,(H,19,22). The third-order valence-electron chi connectivity index (χ3n) is 4.29. The van der Waals surface area contributed by atoms with Crippen LogP contribution in [0.1, 0.15) is 5.56 Å². The topological polar surface area (TPSA) is 88.1 Å². The van der Waals surface area contributed by atoms with E-state index in [-0.39, 0.29) is 24.4 Å². The van der Waals surface area contributed by atoms with E-state index in [0.717, 1.165) is 11.8 Å². The number of thiocarbonyl (C=S) groups is 1. The number of hydrogen-bond donors (Lipinski definition) is 2. The van der Waals surface area contributed by atoms with Crippen LogP contribution in [0.4, 0.5) is 0 Å². The number of nitrogens with zero attached hydrogens (tertiary/aromatic N) is 1. The Bertz CT molecular complexity index is 829. The van der Waals surface area contributed by atoms with Crippen LogP contribution in [0.2, 0.25) is 0 Å². The third kappa shape index (κ3) is 4.45. The van der Waals surface area contributed by atoms with E-state index in [1.807, 2.05) is 0 Å². The van der Waals surface area contributed by atoms with E-state index >= 15 is 0 Å². The summed E-state index contributed by atoms with van der Waals surface area (Å²) in [5.74, 6) is 1.64. The lowest BCUT2D eigenvalue weighted by atomic mass is 10.1. The first-order chi connectivity index (χ1) is 13.4. The third-order valence-corrected chi connectivity index (χ3v) is 6.84. The molecule has 3 rings (SSSR count). The van der Waals surface area contributed by atoms with Crippen LogP contribution in [0.15, 0.2) is 23.1 Å². The zero-order valence-electron chi connectivity index (χ0n) is 15.3. The molecule has 2 heterocycles. The first-order valence-electron chi connectivity index (χ1n) is 8.46. The molecular weight excluding hydrogens is 420 g/mol. The van der Waals surface area contributed by atoms with Gasteiger partial charge in [0.15, 0.2) is 11.5 Å². The Balaban J connectivity index is 1.73. The summed E-state index contributed by atoms with van der Waals surface area (Å²) in [6.07, 6.45) is 1.11. The molecule has 150 valence electrons. The second-order valence-corrected chi connectivity index (χ2v) is 8.88. The van der Waals surface area contributed by atoms with E-state index < -0.39 is 6.10 Å². The van der Waals surface area contributed by atoms with Crippen molar-refractivity contribution in [2.24, 2.45) is 0 Å². The van der Waals surface area contributed by atoms with Crippen molar-refractivity contribution in [3.63, 3.8) is 0 Å². The number of ether oxygens (including phenoxy) is 2. The highest BCUT2D eigenvalue weighted by atomic mass is 32.2. The van der Waals surface area contributed by atoms with E-state index in [2.05, 4.69) is 5.32 Å². The minimum Gasteiger partial charge on any atom is -0.493 e. The quantitative estimate of drug-likeness (QED) is 0.508. The van der Waals surface area contributed by atoms with E-state index in [9.17, 15) is 14.7 Å². The SMILES string of the molecule is COc1cccc(C=C2SC(=S)N(CC(=O)NC3CSCC3O)C2=O)c1OC. The maximum absolute atomic E-state index is 12.8. The van der Waals surface area contributed by atoms with Gasteiger partial charge in [0.2, 0.25) is 5.91 Å². The summed E-state index contributed by atoms with van der Waals surface area (Å²) in [7, 11) is 3.07. The molecule has 10 heteroatoms. The fourth-order valence-electron chi connectivity index (χ4n) is 2.88. The molecule has 0 saturated carbocycles. The highest BCUT2D eigenvalue weighted by Gasteiger charge is 2.35. The fourth-order valence-corrected chi connectivity index (χ4v) is 5.30. The predicted molar refractivity (Wildman–Crippen MR) is 115 cm³/mol. The molecule has 0 bridgehead atoms. The first kappa shape index (κ1) is 21.0. The van der Waals surface area contributed by atoms with Gasteiger partial charge in [-0.3, -0.25) is 14.5 Å². The van der Waals surface area contributed by atoms with Crippen LogP contribution in [0, 0.1) is 0 Å². The van der Waals surface area contributed by atoms with Gasteiger partial charge >= 0.3 is 0 Å². The molecule has 0 aliphatic carbocycles. The van der Waals surface area contributed by atoms with Gasteiger partial charge < -0.3 is 19.9 Å². The van der Waals surface area contributed by atoms with Crippen LogP contribution in [0.25, 0.3) is 6.08 Å². The van der Waals surface area contributed by atoms with Crippen LogP contribution in [0.5, 0.6) is 11.5 Å². The Kier molecular flexibility index (Phi) is 6.86. The molecule has 1 aromatic rings. The van der Waals surface area contributed by atoms with E-state index in [1.165, 1.54) is 12.0 Å². The normalized spacial score (nSPS) is 23.4. The Labute approximate surface area is 176 Å². The highest BCUT2D eigenvalue weighted by molar-refractivity contribution is 8.26. The number of rotatable bonds is 6. The van der Waals surface area contributed by atoms with Crippen molar-refractivity contribution in [2.45, 2.75) is 12.1 Å². The van der Waals surface area contributed by atoms with Crippen molar-refractivity contribution < 1.29 is 24.2 Å². The van der Waals surface area contributed by atoms with Crippen molar-refractivity contribution in [2.75, 3.05) is 32.3 Å². The first-order valence-corrected chi connectivity index (χ1v) is 10.8. The summed E-state index contributed by atoms with van der Waals surface area (Å²) in [5.41, 5.74) is 0.679. The Morgan fingerprint density at radius 3 is 2.82 bits per heavy atom. The average Bonchev–Trinajstić information content (AvgIpc) is 3.19. The molecule has 28 heavy (non-hydrogen) atoms. The molecule has 2 amide bonds. The van der Waals surface area contributed by atoms with Crippen LogP contribution < -0.4 is 14.8 Å². The summed E-state index contributed by atoms with van der Waals surface area (Å²) in [6, 6.07) is 5.07. The van der Waals surface area contributed by atoms with Crippen LogP contribution in [0.3, 0.4) is 0 Å². The lowest BCUT2D eigenvalue weighted by molar-refractivity contribution is -0.129. The van der Waals surface area contributed by atoms with E-state index in [0.29, 0.717) is 37.8 Å². The van der Waals surface area contributed by atoms with Gasteiger partial charge in [0.05, 0.1) is 31.3 Å². The lowest BCUT2D eigenvalue weighted by Crippen LogP contribution is -2.47. The molecule has 2 fully saturated rings. The van der Waals surface area contributed by atoms with Gasteiger partial charge in [0.1, 0.15) is 10.9 Å². The monoisotopic (exact) mass is 440 g/mol. The molecular formula is C18H20N2O5S3. The molecule has 2 saturated heterocycles. The predicted octanol–water partition coefficient (Wildman–Crippen LogP) is 1.50. The molecule has 0 aromatic heterocycles. The van der Waals surface area contributed by atoms with Crippen LogP contribution in [-0.4, -0.2) is 70.6 Å². The largest absolute Gasteiger partial charge is 0.493 e. The van der Waals surface area contributed by atoms with Gasteiger partial charge in [-0.05, 0) is 12.1 Å². The molecule has 2 unspecified atom stereocenters. The number of aliphatic hydroxyl groups is 1. The molecule has 2 N–H and O–H groups in total. The van der Waals surface area contributed by atoms with Gasteiger partial charge in [-0.1, -0.05) is 36.1 Å². The van der Waals surface area contributed by atoms with Gasteiger partial charge in [0.25, 0.3) is 5.91 Å². The maximum Gasteiger partial charge on any atom is 0.266 e. The van der Waals surface area contributed by atoms with Crippen LogP contribution in [-0.2, 0) is 9.59 Å². The number of para-hydroxylation sites is 1. The summed E-state index contributed by atoms with van der Waals surface area (Å²) < 4.78 is 11.0. The van der Waals surface area contributed by atoms with Crippen molar-refractivity contribution >= 4 is 58.0 Å². The number of benzene rings is 1. The smallest absolute Gasteiger partial charge is 0.266 e. The molecule has 2 atom stereocenters. The lowest BCUT2D eigenvalue weighted by Gasteiger charge is -2.18. The molecule has 1 aromatic carbocycles. The summed E-state index contributed by atoms with van der Waals surface area (Å²) in [5, 5.41) is 12.6. The summed E-state index contributed by atoms with van der Waals surface area (Å²) in [6.45, 7) is -0.175. The summed E-state index contributed by atoms with van der Waals surface area (Å²) >= 11 is 7.99. The van der Waals surface area contributed by atoms with Gasteiger partial charge in [-0.15, -0.1) is 0 Å². The van der Waals surface area contributed by atoms with Crippen molar-refractivity contribution in [1.29, 1.82) is 0 Å². The van der Waals surface area contributed by atoms with Crippen LogP contribution >= 0.6 is 35.7 Å². The molecule has 7 nitrogen and oxygen atoms in total. The van der Waals surface area contributed by atoms with Crippen molar-refractivity contribution in [3.05, 3.63) is 28.7 Å². The maximum atomic E-state index is 12.8. The minimum atomic E-state index is -0.569. The summed E-state index contributed by atoms with van der Waals surface area (Å²) in [4.78, 5) is 26.7. The number of carbonyl (C=O) groups is 2. The zero-order valence-corrected chi connectivity index (χ0v) is 17.8. The molecule has 2 aliphatic rings. The number of nitrogens with one attached hydrogen (secondary N) is 1. The molecule has 2 aliphatic heterocycles. The number of aliphatic hydroxyl groups excluding tert-OH is 1. The number of amides is 2. The van der Waals surface area contributed by atoms with E-state index in [1.54, 1.807) is 43.1 Å². The number of thioether (sulfide) groups is 2. The second kappa shape index (κ2) is 9.17. The second-order valence-electron chi connectivity index (χ2n) is 6.13. The number of carbonyl (C=O) groups excluding carboxylic acids is 2. The Morgan fingerprint density at radius 1 is 1.39 bits per heavy atom. The van der Waals surface area contributed by atoms with E-state index in [4.69, 9.17) is 21.7 Å². The number of methoxy groups -OCH3 is 2. The Hall–Kier alpha value is -1.75. The van der Waals surface area contributed by atoms with Crippen molar-refractivity contribution in [1.82, 2.24) is 10.2 Å². The minimum absolute atomic E-state index is 0.175. The molecule has 0 spiro atoms. The number of hydrogen-bond acceptors (Lipinski definition) is 8. The highest BCUT2D eigenvalue weighted by Crippen LogP contribution is 2.37.